The maximum absolute atomic E-state index is 11.1. The van der Waals surface area contributed by atoms with Crippen LogP contribution in [0.25, 0.3) is 0 Å². The van der Waals surface area contributed by atoms with Crippen LogP contribution in [-0.2, 0) is 9.59 Å². The lowest BCUT2D eigenvalue weighted by molar-refractivity contribution is -0.139. The molecule has 0 radical (unpaired) electrons. The fourth-order valence-corrected chi connectivity index (χ4v) is 1.02. The van der Waals surface area contributed by atoms with Gasteiger partial charge in [-0.05, 0) is 19.8 Å². The lowest BCUT2D eigenvalue weighted by atomic mass is 10.3. The highest BCUT2D eigenvalue weighted by Gasteiger charge is 2.22. The summed E-state index contributed by atoms with van der Waals surface area (Å²) in [5.41, 5.74) is 0. The highest BCUT2D eigenvalue weighted by atomic mass is 16.4. The Morgan fingerprint density at radius 3 is 2.64 bits per heavy atom. The van der Waals surface area contributed by atoms with Crippen molar-refractivity contribution in [2.75, 3.05) is 6.54 Å². The van der Waals surface area contributed by atoms with Crippen molar-refractivity contribution >= 4 is 11.9 Å². The van der Waals surface area contributed by atoms with Crippen LogP contribution in [0.1, 0.15) is 26.2 Å². The van der Waals surface area contributed by atoms with Gasteiger partial charge in [0.15, 0.2) is 0 Å². The third-order valence-electron chi connectivity index (χ3n) is 2.12. The van der Waals surface area contributed by atoms with Gasteiger partial charge in [0.25, 0.3) is 0 Å². The first-order valence-electron chi connectivity index (χ1n) is 4.85. The van der Waals surface area contributed by atoms with Crippen molar-refractivity contribution in [2.24, 2.45) is 0 Å². The molecule has 1 amide bonds. The zero-order valence-corrected chi connectivity index (χ0v) is 8.25. The van der Waals surface area contributed by atoms with Crippen molar-refractivity contribution in [3.8, 4) is 0 Å². The fourth-order valence-electron chi connectivity index (χ4n) is 1.02. The van der Waals surface area contributed by atoms with Crippen LogP contribution in [0.4, 0.5) is 0 Å². The largest absolute Gasteiger partial charge is 0.480 e. The predicted octanol–water partition coefficient (Wildman–Crippen LogP) is -0.282. The molecule has 1 fully saturated rings. The van der Waals surface area contributed by atoms with E-state index in [-0.39, 0.29) is 5.91 Å². The summed E-state index contributed by atoms with van der Waals surface area (Å²) in [5.74, 6) is -0.898. The summed E-state index contributed by atoms with van der Waals surface area (Å²) in [7, 11) is 0. The first-order chi connectivity index (χ1) is 6.59. The number of carboxylic acid groups (broad SMARTS) is 1. The number of carbonyl (C=O) groups is 2. The quantitative estimate of drug-likeness (QED) is 0.551. The fraction of sp³-hybridized carbons (Fsp3) is 0.778. The summed E-state index contributed by atoms with van der Waals surface area (Å²) in [4.78, 5) is 21.5. The van der Waals surface area contributed by atoms with Gasteiger partial charge in [-0.1, -0.05) is 0 Å². The van der Waals surface area contributed by atoms with Crippen molar-refractivity contribution in [1.82, 2.24) is 10.6 Å². The zero-order chi connectivity index (χ0) is 10.6. The molecule has 3 N–H and O–H groups in total. The van der Waals surface area contributed by atoms with Crippen LogP contribution in [0.3, 0.4) is 0 Å². The van der Waals surface area contributed by atoms with E-state index in [1.807, 2.05) is 0 Å². The average Bonchev–Trinajstić information content (AvgIpc) is 2.87. The molecule has 0 aliphatic heterocycles. The van der Waals surface area contributed by atoms with Crippen molar-refractivity contribution in [2.45, 2.75) is 38.3 Å². The minimum atomic E-state index is -0.896. The maximum atomic E-state index is 11.1. The van der Waals surface area contributed by atoms with Gasteiger partial charge in [0.2, 0.25) is 5.91 Å². The number of rotatable bonds is 6. The topological polar surface area (TPSA) is 78.4 Å². The lowest BCUT2D eigenvalue weighted by Gasteiger charge is -2.08. The van der Waals surface area contributed by atoms with Gasteiger partial charge in [0, 0.05) is 19.0 Å². The SMILES string of the molecule is C[C@@H](NCCC(=O)NC1CC1)C(=O)O. The Morgan fingerprint density at radius 2 is 2.14 bits per heavy atom. The second-order valence-electron chi connectivity index (χ2n) is 3.61. The van der Waals surface area contributed by atoms with Gasteiger partial charge in [-0.2, -0.15) is 0 Å². The van der Waals surface area contributed by atoms with E-state index in [0.717, 1.165) is 12.8 Å². The standard InChI is InChI=1S/C9H16N2O3/c1-6(9(13)14)10-5-4-8(12)11-7-2-3-7/h6-7,10H,2-5H2,1H3,(H,11,12)(H,13,14)/t6-/m1/s1. The number of aliphatic carboxylic acids is 1. The average molecular weight is 200 g/mol. The van der Waals surface area contributed by atoms with Gasteiger partial charge in [-0.25, -0.2) is 0 Å². The summed E-state index contributed by atoms with van der Waals surface area (Å²) in [6.07, 6.45) is 2.49. The molecule has 0 spiro atoms. The molecule has 0 heterocycles. The third kappa shape index (κ3) is 4.23. The van der Waals surface area contributed by atoms with Gasteiger partial charge in [-0.3, -0.25) is 9.59 Å². The Morgan fingerprint density at radius 1 is 1.50 bits per heavy atom. The predicted molar refractivity (Wildman–Crippen MR) is 50.9 cm³/mol. The van der Waals surface area contributed by atoms with Crippen molar-refractivity contribution in [3.05, 3.63) is 0 Å². The van der Waals surface area contributed by atoms with E-state index in [4.69, 9.17) is 5.11 Å². The Balaban J connectivity index is 2.01. The summed E-state index contributed by atoms with van der Waals surface area (Å²) in [6, 6.07) is -0.219. The van der Waals surface area contributed by atoms with E-state index < -0.39 is 12.0 Å². The first-order valence-corrected chi connectivity index (χ1v) is 4.85. The molecule has 14 heavy (non-hydrogen) atoms. The molecule has 1 rings (SSSR count). The number of amides is 1. The molecule has 1 aliphatic carbocycles. The Kier molecular flexibility index (Phi) is 3.88. The molecule has 0 aromatic rings. The third-order valence-corrected chi connectivity index (χ3v) is 2.12. The van der Waals surface area contributed by atoms with Gasteiger partial charge in [-0.15, -0.1) is 0 Å². The highest BCUT2D eigenvalue weighted by Crippen LogP contribution is 2.18. The molecule has 5 heteroatoms. The van der Waals surface area contributed by atoms with E-state index in [0.29, 0.717) is 19.0 Å². The van der Waals surface area contributed by atoms with Crippen molar-refractivity contribution < 1.29 is 14.7 Å². The maximum Gasteiger partial charge on any atom is 0.320 e. The Hall–Kier alpha value is -1.10. The normalized spacial score (nSPS) is 17.5. The summed E-state index contributed by atoms with van der Waals surface area (Å²) in [5, 5.41) is 14.1. The van der Waals surface area contributed by atoms with Crippen LogP contribution in [-0.4, -0.2) is 35.6 Å². The van der Waals surface area contributed by atoms with E-state index in [2.05, 4.69) is 10.6 Å². The lowest BCUT2D eigenvalue weighted by Crippen LogP contribution is -2.37. The van der Waals surface area contributed by atoms with Crippen LogP contribution in [0.5, 0.6) is 0 Å². The van der Waals surface area contributed by atoms with Crippen LogP contribution in [0.2, 0.25) is 0 Å². The molecular formula is C9H16N2O3. The van der Waals surface area contributed by atoms with Crippen LogP contribution in [0, 0.1) is 0 Å². The molecule has 0 aromatic carbocycles. The molecule has 1 aliphatic rings. The van der Waals surface area contributed by atoms with E-state index in [9.17, 15) is 9.59 Å². The molecule has 5 nitrogen and oxygen atoms in total. The number of hydrogen-bond donors (Lipinski definition) is 3. The molecular weight excluding hydrogens is 184 g/mol. The molecule has 0 unspecified atom stereocenters. The van der Waals surface area contributed by atoms with Crippen molar-refractivity contribution in [3.63, 3.8) is 0 Å². The van der Waals surface area contributed by atoms with Gasteiger partial charge < -0.3 is 15.7 Å². The molecule has 0 saturated heterocycles. The van der Waals surface area contributed by atoms with Gasteiger partial charge >= 0.3 is 5.97 Å². The molecule has 1 atom stereocenters. The van der Waals surface area contributed by atoms with Crippen LogP contribution in [0.15, 0.2) is 0 Å². The summed E-state index contributed by atoms with van der Waals surface area (Å²) < 4.78 is 0. The second-order valence-corrected chi connectivity index (χ2v) is 3.61. The summed E-state index contributed by atoms with van der Waals surface area (Å²) in [6.45, 7) is 1.97. The minimum absolute atomic E-state index is 0.00223. The second kappa shape index (κ2) is 4.95. The first kappa shape index (κ1) is 11.0. The number of carboxylic acids is 1. The Labute approximate surface area is 82.9 Å². The minimum Gasteiger partial charge on any atom is -0.480 e. The number of nitrogens with one attached hydrogen (secondary N) is 2. The Bertz CT molecular complexity index is 226. The highest BCUT2D eigenvalue weighted by molar-refractivity contribution is 5.77. The number of hydrogen-bond acceptors (Lipinski definition) is 3. The van der Waals surface area contributed by atoms with Crippen LogP contribution >= 0.6 is 0 Å². The van der Waals surface area contributed by atoms with E-state index in [1.165, 1.54) is 0 Å². The van der Waals surface area contributed by atoms with E-state index in [1.54, 1.807) is 6.92 Å². The zero-order valence-electron chi connectivity index (χ0n) is 8.25. The van der Waals surface area contributed by atoms with Crippen molar-refractivity contribution in [1.29, 1.82) is 0 Å². The monoisotopic (exact) mass is 200 g/mol. The molecule has 80 valence electrons. The smallest absolute Gasteiger partial charge is 0.320 e. The van der Waals surface area contributed by atoms with Gasteiger partial charge in [0.1, 0.15) is 6.04 Å². The van der Waals surface area contributed by atoms with Crippen LogP contribution < -0.4 is 10.6 Å². The molecule has 0 bridgehead atoms. The molecule has 0 aromatic heterocycles. The summed E-state index contributed by atoms with van der Waals surface area (Å²) >= 11 is 0. The van der Waals surface area contributed by atoms with E-state index >= 15 is 0 Å². The molecule has 1 saturated carbocycles. The number of carbonyl (C=O) groups excluding carboxylic acids is 1. The van der Waals surface area contributed by atoms with Gasteiger partial charge in [0.05, 0.1) is 0 Å².